The molecule has 10 heteroatoms. The Labute approximate surface area is 214 Å². The SMILES string of the molecule is Cc1ccnc2cc(OC[C@H]3O[C@@H](n4ccc5c(N=CN(C)C)ncnc54)[C@@H]4OC(C)(C)O[C@@H]43)ccc12. The number of aliphatic imine (C=N–C) groups is 1. The number of hydrogen-bond acceptors (Lipinski definition) is 8. The fraction of sp³-hybridized carbons (Fsp3) is 0.407. The largest absolute Gasteiger partial charge is 0.491 e. The molecule has 3 aromatic heterocycles. The predicted molar refractivity (Wildman–Crippen MR) is 139 cm³/mol. The third-order valence-corrected chi connectivity index (χ3v) is 6.65. The van der Waals surface area contributed by atoms with Crippen molar-refractivity contribution < 1.29 is 18.9 Å². The van der Waals surface area contributed by atoms with E-state index in [-0.39, 0.29) is 18.3 Å². The van der Waals surface area contributed by atoms with Crippen molar-refractivity contribution in [2.24, 2.45) is 4.99 Å². The molecule has 0 bridgehead atoms. The summed E-state index contributed by atoms with van der Waals surface area (Å²) in [5, 5.41) is 1.94. The van der Waals surface area contributed by atoms with E-state index in [2.05, 4.69) is 26.9 Å². The van der Waals surface area contributed by atoms with E-state index in [0.717, 1.165) is 27.7 Å². The van der Waals surface area contributed by atoms with Crippen molar-refractivity contribution >= 4 is 34.1 Å². The maximum absolute atomic E-state index is 6.51. The molecule has 192 valence electrons. The van der Waals surface area contributed by atoms with E-state index in [1.54, 1.807) is 6.34 Å². The van der Waals surface area contributed by atoms with Crippen LogP contribution in [-0.4, -0.2) is 75.6 Å². The summed E-state index contributed by atoms with van der Waals surface area (Å²) in [4.78, 5) is 19.7. The van der Waals surface area contributed by atoms with Crippen LogP contribution in [0.5, 0.6) is 5.75 Å². The van der Waals surface area contributed by atoms with E-state index in [9.17, 15) is 0 Å². The summed E-state index contributed by atoms with van der Waals surface area (Å²) >= 11 is 0. The van der Waals surface area contributed by atoms with Crippen LogP contribution in [0.3, 0.4) is 0 Å². The summed E-state index contributed by atoms with van der Waals surface area (Å²) in [6, 6.07) is 9.90. The first-order valence-electron chi connectivity index (χ1n) is 12.3. The van der Waals surface area contributed by atoms with Gasteiger partial charge >= 0.3 is 0 Å². The number of aromatic nitrogens is 4. The molecule has 4 atom stereocenters. The topological polar surface area (TPSA) is 96.1 Å². The van der Waals surface area contributed by atoms with Gasteiger partial charge in [-0.25, -0.2) is 15.0 Å². The van der Waals surface area contributed by atoms with E-state index in [4.69, 9.17) is 18.9 Å². The molecule has 1 aromatic carbocycles. The first kappa shape index (κ1) is 23.8. The summed E-state index contributed by atoms with van der Waals surface area (Å²) in [6.45, 7) is 6.22. The lowest BCUT2D eigenvalue weighted by atomic mass is 10.1. The average Bonchev–Trinajstić information content (AvgIpc) is 3.52. The van der Waals surface area contributed by atoms with Crippen molar-refractivity contribution in [2.75, 3.05) is 20.7 Å². The second-order valence-electron chi connectivity index (χ2n) is 10.1. The summed E-state index contributed by atoms with van der Waals surface area (Å²) in [7, 11) is 3.83. The van der Waals surface area contributed by atoms with Crippen molar-refractivity contribution in [1.82, 2.24) is 24.4 Å². The summed E-state index contributed by atoms with van der Waals surface area (Å²) < 4.78 is 27.2. The highest BCUT2D eigenvalue weighted by Crippen LogP contribution is 2.44. The predicted octanol–water partition coefficient (Wildman–Crippen LogP) is 4.01. The molecule has 0 saturated carbocycles. The minimum Gasteiger partial charge on any atom is -0.491 e. The van der Waals surface area contributed by atoms with Gasteiger partial charge in [0.05, 0.1) is 17.2 Å². The molecule has 4 aromatic rings. The van der Waals surface area contributed by atoms with E-state index in [1.807, 2.05) is 80.1 Å². The molecule has 0 unspecified atom stereocenters. The normalized spacial score (nSPS) is 24.8. The molecule has 2 saturated heterocycles. The number of rotatable bonds is 6. The maximum atomic E-state index is 6.51. The maximum Gasteiger partial charge on any atom is 0.166 e. The lowest BCUT2D eigenvalue weighted by molar-refractivity contribution is -0.198. The Balaban J connectivity index is 1.27. The quantitative estimate of drug-likeness (QED) is 0.288. The molecule has 5 heterocycles. The van der Waals surface area contributed by atoms with Crippen molar-refractivity contribution in [3.63, 3.8) is 0 Å². The van der Waals surface area contributed by atoms with E-state index in [1.165, 1.54) is 11.9 Å². The number of fused-ring (bicyclic) bond motifs is 3. The monoisotopic (exact) mass is 502 g/mol. The zero-order valence-corrected chi connectivity index (χ0v) is 21.5. The van der Waals surface area contributed by atoms with Gasteiger partial charge in [0, 0.05) is 37.9 Å². The second-order valence-corrected chi connectivity index (χ2v) is 10.1. The van der Waals surface area contributed by atoms with Crippen LogP contribution in [0.4, 0.5) is 5.82 Å². The molecular formula is C27H30N6O4. The zero-order valence-electron chi connectivity index (χ0n) is 21.5. The summed E-state index contributed by atoms with van der Waals surface area (Å²) in [5.74, 6) is 0.588. The third-order valence-electron chi connectivity index (χ3n) is 6.65. The Kier molecular flexibility index (Phi) is 5.82. The van der Waals surface area contributed by atoms with Gasteiger partial charge in [-0.2, -0.15) is 0 Å². The number of hydrogen-bond donors (Lipinski definition) is 0. The average molecular weight is 503 g/mol. The highest BCUT2D eigenvalue weighted by molar-refractivity contribution is 5.87. The summed E-state index contributed by atoms with van der Waals surface area (Å²) in [5.41, 5.74) is 2.79. The van der Waals surface area contributed by atoms with E-state index < -0.39 is 12.0 Å². The molecule has 0 N–H and O–H groups in total. The fourth-order valence-corrected chi connectivity index (χ4v) is 4.99. The van der Waals surface area contributed by atoms with Gasteiger partial charge in [0.1, 0.15) is 42.6 Å². The molecule has 2 fully saturated rings. The Morgan fingerprint density at radius 2 is 1.92 bits per heavy atom. The molecule has 2 aliphatic heterocycles. The number of benzene rings is 1. The molecule has 0 amide bonds. The Morgan fingerprint density at radius 3 is 2.76 bits per heavy atom. The minimum absolute atomic E-state index is 0.300. The minimum atomic E-state index is -0.737. The van der Waals surface area contributed by atoms with Gasteiger partial charge in [0.2, 0.25) is 0 Å². The van der Waals surface area contributed by atoms with Crippen LogP contribution in [-0.2, 0) is 14.2 Å². The first-order chi connectivity index (χ1) is 17.8. The van der Waals surface area contributed by atoms with Crippen molar-refractivity contribution in [3.8, 4) is 5.75 Å². The Morgan fingerprint density at radius 1 is 1.08 bits per heavy atom. The molecule has 37 heavy (non-hydrogen) atoms. The van der Waals surface area contributed by atoms with Gasteiger partial charge in [-0.1, -0.05) is 0 Å². The second kappa shape index (κ2) is 9.05. The number of ether oxygens (including phenoxy) is 4. The third kappa shape index (κ3) is 4.41. The van der Waals surface area contributed by atoms with Crippen LogP contribution >= 0.6 is 0 Å². The molecule has 2 aliphatic rings. The van der Waals surface area contributed by atoms with Crippen LogP contribution in [0, 0.1) is 6.92 Å². The van der Waals surface area contributed by atoms with Gasteiger partial charge < -0.3 is 28.4 Å². The van der Waals surface area contributed by atoms with Crippen molar-refractivity contribution in [3.05, 3.63) is 54.6 Å². The van der Waals surface area contributed by atoms with Gasteiger partial charge in [0.15, 0.2) is 17.8 Å². The number of aryl methyl sites for hydroxylation is 1. The van der Waals surface area contributed by atoms with Crippen LogP contribution in [0.1, 0.15) is 25.6 Å². The fourth-order valence-electron chi connectivity index (χ4n) is 4.99. The lowest BCUT2D eigenvalue weighted by Gasteiger charge is -2.25. The first-order valence-corrected chi connectivity index (χ1v) is 12.3. The summed E-state index contributed by atoms with van der Waals surface area (Å²) in [6.07, 6.45) is 5.56. The standard InChI is InChI=1S/C27H30N6O4/c1-16-8-10-28-20-12-17(6-7-18(16)20)34-13-21-22-23(37-27(2,3)36-22)26(35-21)33-11-9-19-24(31-15-32(4)5)29-14-30-25(19)33/h6-12,14-15,21-23,26H,13H2,1-5H3/t21-,22-,23-,26-/m1/s1. The van der Waals surface area contributed by atoms with Crippen LogP contribution < -0.4 is 4.74 Å². The molecule has 10 nitrogen and oxygen atoms in total. The van der Waals surface area contributed by atoms with Crippen LogP contribution in [0.25, 0.3) is 21.9 Å². The zero-order chi connectivity index (χ0) is 25.7. The lowest BCUT2D eigenvalue weighted by Crippen LogP contribution is -2.33. The number of pyridine rings is 1. The molecule has 0 radical (unpaired) electrons. The van der Waals surface area contributed by atoms with E-state index in [0.29, 0.717) is 12.4 Å². The number of nitrogens with zero attached hydrogens (tertiary/aromatic N) is 6. The molecule has 0 spiro atoms. The molecular weight excluding hydrogens is 472 g/mol. The smallest absolute Gasteiger partial charge is 0.166 e. The molecule has 0 aliphatic carbocycles. The Bertz CT molecular complexity index is 1480. The Hall–Kier alpha value is -3.60. The van der Waals surface area contributed by atoms with Gasteiger partial charge in [-0.15, -0.1) is 0 Å². The highest BCUT2D eigenvalue weighted by Gasteiger charge is 2.56. The van der Waals surface area contributed by atoms with Crippen LogP contribution in [0.15, 0.2) is 54.0 Å². The van der Waals surface area contributed by atoms with Crippen molar-refractivity contribution in [2.45, 2.75) is 51.1 Å². The van der Waals surface area contributed by atoms with Crippen molar-refractivity contribution in [1.29, 1.82) is 0 Å². The van der Waals surface area contributed by atoms with Crippen LogP contribution in [0.2, 0.25) is 0 Å². The van der Waals surface area contributed by atoms with Gasteiger partial charge in [-0.05, 0) is 50.6 Å². The van der Waals surface area contributed by atoms with Gasteiger partial charge in [0.25, 0.3) is 0 Å². The van der Waals surface area contributed by atoms with E-state index >= 15 is 0 Å². The highest BCUT2D eigenvalue weighted by atomic mass is 16.8. The molecule has 6 rings (SSSR count). The van der Waals surface area contributed by atoms with Gasteiger partial charge in [-0.3, -0.25) is 4.98 Å².